The number of hydrogen-bond acceptors (Lipinski definition) is 4. The van der Waals surface area contributed by atoms with E-state index in [-0.39, 0.29) is 29.8 Å². The average Bonchev–Trinajstić information content (AvgIpc) is 2.98. The van der Waals surface area contributed by atoms with E-state index in [4.69, 9.17) is 0 Å². The molecule has 1 aromatic carbocycles. The molecule has 0 aliphatic carbocycles. The Hall–Kier alpha value is -2.41. The molecule has 1 aromatic rings. The van der Waals surface area contributed by atoms with Gasteiger partial charge in [0.25, 0.3) is 5.91 Å². The van der Waals surface area contributed by atoms with Crippen LogP contribution >= 0.6 is 0 Å². The maximum Gasteiger partial charge on any atom is 0.328 e. The lowest BCUT2D eigenvalue weighted by Gasteiger charge is -2.37. The maximum atomic E-state index is 13.0. The minimum atomic E-state index is -0.553. The van der Waals surface area contributed by atoms with E-state index in [1.165, 1.54) is 4.90 Å². The molecule has 0 spiro atoms. The molecule has 7 nitrogen and oxygen atoms in total. The van der Waals surface area contributed by atoms with E-state index >= 15 is 0 Å². The van der Waals surface area contributed by atoms with Crippen LogP contribution < -0.4 is 5.32 Å². The van der Waals surface area contributed by atoms with E-state index in [0.29, 0.717) is 19.6 Å². The zero-order valence-electron chi connectivity index (χ0n) is 15.6. The summed E-state index contributed by atoms with van der Waals surface area (Å²) < 4.78 is 0. The predicted octanol–water partition coefficient (Wildman–Crippen LogP) is 1.22. The average molecular weight is 370 g/mol. The number of urea groups is 1. The molecule has 0 bridgehead atoms. The highest BCUT2D eigenvalue weighted by Crippen LogP contribution is 2.31. The summed E-state index contributed by atoms with van der Waals surface area (Å²) in [6, 6.07) is 8.47. The van der Waals surface area contributed by atoms with Crippen molar-refractivity contribution in [2.24, 2.45) is 5.92 Å². The number of fused-ring (bicyclic) bond motifs is 1. The Labute approximate surface area is 159 Å². The molecule has 144 valence electrons. The summed E-state index contributed by atoms with van der Waals surface area (Å²) in [6.07, 6.45) is 1.68. The van der Waals surface area contributed by atoms with E-state index in [1.54, 1.807) is 9.80 Å². The first-order valence-corrected chi connectivity index (χ1v) is 9.76. The zero-order valence-corrected chi connectivity index (χ0v) is 15.6. The molecule has 7 heteroatoms. The number of amides is 4. The van der Waals surface area contributed by atoms with Crippen molar-refractivity contribution < 1.29 is 14.4 Å². The second-order valence-electron chi connectivity index (χ2n) is 7.60. The normalized spacial score (nSPS) is 24.9. The van der Waals surface area contributed by atoms with Gasteiger partial charge in [-0.3, -0.25) is 14.5 Å². The Morgan fingerprint density at radius 3 is 2.52 bits per heavy atom. The van der Waals surface area contributed by atoms with Crippen molar-refractivity contribution in [3.05, 3.63) is 35.9 Å². The molecule has 0 radical (unpaired) electrons. The standard InChI is InChI=1S/C20H26N4O3/c1-14(15-5-3-2-4-6-15)24-19(26)17-13-22(11-12-23(17)20(24)27)18(25)16-7-9-21-10-8-16/h2-6,14,16-17,21H,7-13H2,1H3/t14-,17-/m1/s1. The number of nitrogens with one attached hydrogen (secondary N) is 1. The van der Waals surface area contributed by atoms with Crippen LogP contribution in [-0.2, 0) is 9.59 Å². The summed E-state index contributed by atoms with van der Waals surface area (Å²) in [5, 5.41) is 3.27. The fraction of sp³-hybridized carbons (Fsp3) is 0.550. The highest BCUT2D eigenvalue weighted by atomic mass is 16.2. The van der Waals surface area contributed by atoms with Gasteiger partial charge in [0, 0.05) is 19.0 Å². The monoisotopic (exact) mass is 370 g/mol. The molecule has 3 fully saturated rings. The van der Waals surface area contributed by atoms with Crippen LogP contribution in [0, 0.1) is 5.92 Å². The molecule has 27 heavy (non-hydrogen) atoms. The number of rotatable bonds is 3. The van der Waals surface area contributed by atoms with Gasteiger partial charge in [-0.1, -0.05) is 30.3 Å². The van der Waals surface area contributed by atoms with Crippen molar-refractivity contribution in [1.29, 1.82) is 0 Å². The third-order valence-electron chi connectivity index (χ3n) is 6.02. The lowest BCUT2D eigenvalue weighted by atomic mass is 9.96. The van der Waals surface area contributed by atoms with Crippen molar-refractivity contribution in [3.8, 4) is 0 Å². The molecule has 4 amide bonds. The Morgan fingerprint density at radius 1 is 1.11 bits per heavy atom. The van der Waals surface area contributed by atoms with Crippen molar-refractivity contribution in [3.63, 3.8) is 0 Å². The van der Waals surface area contributed by atoms with Gasteiger partial charge >= 0.3 is 6.03 Å². The summed E-state index contributed by atoms with van der Waals surface area (Å²) in [5.74, 6) is -0.0329. The number of carbonyl (C=O) groups is 3. The zero-order chi connectivity index (χ0) is 19.0. The largest absolute Gasteiger partial charge is 0.338 e. The van der Waals surface area contributed by atoms with Gasteiger partial charge in [0.2, 0.25) is 5.91 Å². The fourth-order valence-electron chi connectivity index (χ4n) is 4.38. The number of nitrogens with zero attached hydrogens (tertiary/aromatic N) is 3. The van der Waals surface area contributed by atoms with Gasteiger partial charge in [-0.25, -0.2) is 4.79 Å². The van der Waals surface area contributed by atoms with Crippen molar-refractivity contribution in [2.45, 2.75) is 31.8 Å². The lowest BCUT2D eigenvalue weighted by Crippen LogP contribution is -2.56. The van der Waals surface area contributed by atoms with Crippen LogP contribution in [0.15, 0.2) is 30.3 Å². The topological polar surface area (TPSA) is 73.0 Å². The Bertz CT molecular complexity index is 732. The Balaban J connectivity index is 1.48. The van der Waals surface area contributed by atoms with Crippen molar-refractivity contribution in [2.75, 3.05) is 32.7 Å². The molecule has 3 heterocycles. The van der Waals surface area contributed by atoms with Crippen LogP contribution in [0.5, 0.6) is 0 Å². The van der Waals surface area contributed by atoms with Gasteiger partial charge in [-0.15, -0.1) is 0 Å². The molecule has 0 unspecified atom stereocenters. The first-order chi connectivity index (χ1) is 13.1. The van der Waals surface area contributed by atoms with E-state index in [9.17, 15) is 14.4 Å². The van der Waals surface area contributed by atoms with E-state index < -0.39 is 6.04 Å². The van der Waals surface area contributed by atoms with E-state index in [2.05, 4.69) is 5.32 Å². The minimum Gasteiger partial charge on any atom is -0.338 e. The molecule has 4 rings (SSSR count). The van der Waals surface area contributed by atoms with Crippen LogP contribution in [0.2, 0.25) is 0 Å². The smallest absolute Gasteiger partial charge is 0.328 e. The highest BCUT2D eigenvalue weighted by molar-refractivity contribution is 6.05. The van der Waals surface area contributed by atoms with Crippen LogP contribution in [0.4, 0.5) is 4.79 Å². The molecular formula is C20H26N4O3. The molecule has 1 N–H and O–H groups in total. The van der Waals surface area contributed by atoms with Gasteiger partial charge in [-0.2, -0.15) is 0 Å². The second kappa shape index (κ2) is 7.31. The second-order valence-corrected chi connectivity index (χ2v) is 7.60. The van der Waals surface area contributed by atoms with E-state index in [0.717, 1.165) is 31.5 Å². The van der Waals surface area contributed by atoms with Gasteiger partial charge in [0.15, 0.2) is 0 Å². The highest BCUT2D eigenvalue weighted by Gasteiger charge is 2.50. The number of carbonyl (C=O) groups excluding carboxylic acids is 3. The summed E-state index contributed by atoms with van der Waals surface area (Å²) in [5.41, 5.74) is 0.932. The summed E-state index contributed by atoms with van der Waals surface area (Å²) >= 11 is 0. The number of piperidine rings is 1. The molecule has 2 atom stereocenters. The maximum absolute atomic E-state index is 13.0. The van der Waals surface area contributed by atoms with Gasteiger partial charge in [0.1, 0.15) is 6.04 Å². The third-order valence-corrected chi connectivity index (χ3v) is 6.02. The quantitative estimate of drug-likeness (QED) is 0.812. The predicted molar refractivity (Wildman–Crippen MR) is 99.8 cm³/mol. The Morgan fingerprint density at radius 2 is 1.81 bits per heavy atom. The SMILES string of the molecule is C[C@H](c1ccccc1)N1C(=O)[C@H]2CN(C(=O)C3CCNCC3)CCN2C1=O. The summed E-state index contributed by atoms with van der Waals surface area (Å²) in [4.78, 5) is 43.5. The van der Waals surface area contributed by atoms with E-state index in [1.807, 2.05) is 37.3 Å². The third kappa shape index (κ3) is 3.20. The summed E-state index contributed by atoms with van der Waals surface area (Å²) in [6.45, 7) is 4.84. The van der Waals surface area contributed by atoms with Crippen LogP contribution in [0.25, 0.3) is 0 Å². The van der Waals surface area contributed by atoms with Crippen LogP contribution in [0.3, 0.4) is 0 Å². The molecule has 3 aliphatic heterocycles. The van der Waals surface area contributed by atoms with Gasteiger partial charge < -0.3 is 15.1 Å². The number of benzene rings is 1. The van der Waals surface area contributed by atoms with Gasteiger partial charge in [0.05, 0.1) is 12.6 Å². The molecule has 0 aromatic heterocycles. The first kappa shape index (κ1) is 18.0. The molecular weight excluding hydrogens is 344 g/mol. The molecule has 0 saturated carbocycles. The fourth-order valence-corrected chi connectivity index (χ4v) is 4.38. The molecule has 3 saturated heterocycles. The van der Waals surface area contributed by atoms with Crippen LogP contribution in [-0.4, -0.2) is 71.3 Å². The number of hydrogen-bond donors (Lipinski definition) is 1. The first-order valence-electron chi connectivity index (χ1n) is 9.76. The summed E-state index contributed by atoms with van der Waals surface area (Å²) in [7, 11) is 0. The van der Waals surface area contributed by atoms with Crippen LogP contribution in [0.1, 0.15) is 31.4 Å². The molecule has 3 aliphatic rings. The van der Waals surface area contributed by atoms with Gasteiger partial charge in [-0.05, 0) is 38.4 Å². The van der Waals surface area contributed by atoms with Crippen molar-refractivity contribution >= 4 is 17.8 Å². The lowest BCUT2D eigenvalue weighted by molar-refractivity contribution is -0.140. The number of imide groups is 1. The minimum absolute atomic E-state index is 0.0318. The van der Waals surface area contributed by atoms with Crippen molar-refractivity contribution in [1.82, 2.24) is 20.0 Å². The number of piperazine rings is 1. The Kier molecular flexibility index (Phi) is 4.86.